The second-order valence-corrected chi connectivity index (χ2v) is 6.34. The van der Waals surface area contributed by atoms with E-state index in [1.165, 1.54) is 18.5 Å². The van der Waals surface area contributed by atoms with Crippen LogP contribution in [0.5, 0.6) is 0 Å². The van der Waals surface area contributed by atoms with E-state index in [0.29, 0.717) is 13.0 Å². The molecule has 1 aromatic carbocycles. The zero-order valence-electron chi connectivity index (χ0n) is 15.0. The van der Waals surface area contributed by atoms with Crippen molar-refractivity contribution >= 4 is 16.9 Å². The largest absolute Gasteiger partial charge is 0.417 e. The molecule has 0 spiro atoms. The number of halogens is 3. The number of nitrogens with zero attached hydrogens (tertiary/aromatic N) is 3. The summed E-state index contributed by atoms with van der Waals surface area (Å²) in [5, 5.41) is 6.80. The molecule has 0 aliphatic rings. The topological polar surface area (TPSA) is 59.8 Å². The number of benzene rings is 1. The van der Waals surface area contributed by atoms with Gasteiger partial charge in [0.15, 0.2) is 5.65 Å². The maximum absolute atomic E-state index is 13.3. The van der Waals surface area contributed by atoms with Crippen LogP contribution in [0.4, 0.5) is 13.2 Å². The minimum absolute atomic E-state index is 0.0646. The Bertz CT molecular complexity index is 964. The van der Waals surface area contributed by atoms with Gasteiger partial charge in [0, 0.05) is 12.2 Å². The predicted molar refractivity (Wildman–Crippen MR) is 95.2 cm³/mol. The standard InChI is InChI=1S/C19H19F3N4O/c1-12-10-15(19(20,21)22)17-13(2)25-26(18(17)24-12)11-16(27)23-9-8-14-6-4-3-5-7-14/h3-7,10H,8-9,11H2,1-2H3,(H,23,27). The molecule has 8 heteroatoms. The van der Waals surface area contributed by atoms with Gasteiger partial charge in [-0.15, -0.1) is 0 Å². The molecule has 0 atom stereocenters. The van der Waals surface area contributed by atoms with Gasteiger partial charge in [0.05, 0.1) is 16.6 Å². The molecule has 5 nitrogen and oxygen atoms in total. The van der Waals surface area contributed by atoms with Crippen LogP contribution in [-0.2, 0) is 23.9 Å². The number of fused-ring (bicyclic) bond motifs is 1. The lowest BCUT2D eigenvalue weighted by Crippen LogP contribution is -2.29. The molecule has 0 radical (unpaired) electrons. The highest BCUT2D eigenvalue weighted by Gasteiger charge is 2.35. The lowest BCUT2D eigenvalue weighted by molar-refractivity contribution is -0.136. The van der Waals surface area contributed by atoms with Crippen molar-refractivity contribution in [2.24, 2.45) is 0 Å². The summed E-state index contributed by atoms with van der Waals surface area (Å²) in [6.07, 6.45) is -3.84. The molecule has 1 N–H and O–H groups in total. The summed E-state index contributed by atoms with van der Waals surface area (Å²) in [4.78, 5) is 16.4. The number of hydrogen-bond acceptors (Lipinski definition) is 3. The molecule has 27 heavy (non-hydrogen) atoms. The van der Waals surface area contributed by atoms with Crippen molar-refractivity contribution in [2.45, 2.75) is 33.0 Å². The van der Waals surface area contributed by atoms with Gasteiger partial charge in [0.25, 0.3) is 0 Å². The number of rotatable bonds is 5. The number of carbonyl (C=O) groups excluding carboxylic acids is 1. The Morgan fingerprint density at radius 3 is 2.56 bits per heavy atom. The van der Waals surface area contributed by atoms with Crippen molar-refractivity contribution in [2.75, 3.05) is 6.54 Å². The van der Waals surface area contributed by atoms with E-state index in [4.69, 9.17) is 0 Å². The lowest BCUT2D eigenvalue weighted by Gasteiger charge is -2.10. The summed E-state index contributed by atoms with van der Waals surface area (Å²) in [5.41, 5.74) is 0.795. The normalized spacial score (nSPS) is 11.7. The van der Waals surface area contributed by atoms with Crippen LogP contribution in [0.1, 0.15) is 22.5 Å². The second-order valence-electron chi connectivity index (χ2n) is 6.34. The second kappa shape index (κ2) is 7.38. The molecule has 0 aliphatic carbocycles. The number of aromatic nitrogens is 3. The summed E-state index contributed by atoms with van der Waals surface area (Å²) >= 11 is 0. The van der Waals surface area contributed by atoms with E-state index < -0.39 is 11.7 Å². The van der Waals surface area contributed by atoms with Crippen LogP contribution in [0.15, 0.2) is 36.4 Å². The molecule has 0 fully saturated rings. The minimum Gasteiger partial charge on any atom is -0.354 e. The van der Waals surface area contributed by atoms with E-state index in [2.05, 4.69) is 15.4 Å². The quantitative estimate of drug-likeness (QED) is 0.742. The van der Waals surface area contributed by atoms with Gasteiger partial charge in [0.1, 0.15) is 6.54 Å². The first kappa shape index (κ1) is 18.9. The molecule has 1 amide bonds. The Balaban J connectivity index is 1.77. The van der Waals surface area contributed by atoms with Crippen LogP contribution in [0.2, 0.25) is 0 Å². The number of carbonyl (C=O) groups is 1. The molecule has 2 heterocycles. The minimum atomic E-state index is -4.51. The molecule has 0 unspecified atom stereocenters. The highest BCUT2D eigenvalue weighted by Crippen LogP contribution is 2.36. The van der Waals surface area contributed by atoms with E-state index in [9.17, 15) is 18.0 Å². The third-order valence-electron chi connectivity index (χ3n) is 4.18. The van der Waals surface area contributed by atoms with Crippen molar-refractivity contribution in [3.8, 4) is 0 Å². The fourth-order valence-corrected chi connectivity index (χ4v) is 3.00. The monoisotopic (exact) mass is 376 g/mol. The Kier molecular flexibility index (Phi) is 5.16. The van der Waals surface area contributed by atoms with Gasteiger partial charge in [-0.25, -0.2) is 9.67 Å². The number of nitrogens with one attached hydrogen (secondary N) is 1. The van der Waals surface area contributed by atoms with Gasteiger partial charge in [-0.3, -0.25) is 4.79 Å². The van der Waals surface area contributed by atoms with E-state index in [0.717, 1.165) is 11.6 Å². The van der Waals surface area contributed by atoms with E-state index in [1.807, 2.05) is 30.3 Å². The smallest absolute Gasteiger partial charge is 0.354 e. The van der Waals surface area contributed by atoms with E-state index in [1.54, 1.807) is 0 Å². The predicted octanol–water partition coefficient (Wildman–Crippen LogP) is 3.43. The van der Waals surface area contributed by atoms with Crippen molar-refractivity contribution in [3.63, 3.8) is 0 Å². The average Bonchev–Trinajstić information content (AvgIpc) is 2.89. The third kappa shape index (κ3) is 4.27. The van der Waals surface area contributed by atoms with E-state index in [-0.39, 0.29) is 34.9 Å². The van der Waals surface area contributed by atoms with Crippen LogP contribution < -0.4 is 5.32 Å². The van der Waals surface area contributed by atoms with E-state index >= 15 is 0 Å². The van der Waals surface area contributed by atoms with Crippen LogP contribution in [0, 0.1) is 13.8 Å². The molecular formula is C19H19F3N4O. The summed E-state index contributed by atoms with van der Waals surface area (Å²) in [7, 11) is 0. The molecular weight excluding hydrogens is 357 g/mol. The average molecular weight is 376 g/mol. The first-order valence-electron chi connectivity index (χ1n) is 8.48. The number of pyridine rings is 1. The van der Waals surface area contributed by atoms with Gasteiger partial charge in [-0.2, -0.15) is 18.3 Å². The summed E-state index contributed by atoms with van der Waals surface area (Å²) < 4.78 is 41.2. The van der Waals surface area contributed by atoms with Crippen LogP contribution in [-0.4, -0.2) is 27.2 Å². The molecule has 0 bridgehead atoms. The van der Waals surface area contributed by atoms with Gasteiger partial charge in [0.2, 0.25) is 5.91 Å². The number of alkyl halides is 3. The van der Waals surface area contributed by atoms with Crippen molar-refractivity contribution in [1.29, 1.82) is 0 Å². The Morgan fingerprint density at radius 2 is 1.89 bits per heavy atom. The summed E-state index contributed by atoms with van der Waals surface area (Å²) in [5.74, 6) is -0.327. The Morgan fingerprint density at radius 1 is 1.19 bits per heavy atom. The van der Waals surface area contributed by atoms with Crippen molar-refractivity contribution in [3.05, 3.63) is 58.9 Å². The number of hydrogen-bond donors (Lipinski definition) is 1. The first-order valence-corrected chi connectivity index (χ1v) is 8.48. The molecule has 142 valence electrons. The van der Waals surface area contributed by atoms with Gasteiger partial charge in [-0.1, -0.05) is 30.3 Å². The van der Waals surface area contributed by atoms with Crippen LogP contribution >= 0.6 is 0 Å². The molecule has 3 rings (SSSR count). The maximum Gasteiger partial charge on any atom is 0.417 e. The highest BCUT2D eigenvalue weighted by atomic mass is 19.4. The number of amides is 1. The molecule has 2 aromatic heterocycles. The maximum atomic E-state index is 13.3. The fraction of sp³-hybridized carbons (Fsp3) is 0.316. The SMILES string of the molecule is Cc1cc(C(F)(F)F)c2c(C)nn(CC(=O)NCCc3ccccc3)c2n1. The van der Waals surface area contributed by atoms with Gasteiger partial charge < -0.3 is 5.32 Å². The first-order chi connectivity index (χ1) is 12.8. The zero-order chi connectivity index (χ0) is 19.6. The fourth-order valence-electron chi connectivity index (χ4n) is 3.00. The van der Waals surface area contributed by atoms with Gasteiger partial charge >= 0.3 is 6.18 Å². The summed E-state index contributed by atoms with van der Waals surface area (Å²) in [6.45, 7) is 3.22. The number of aryl methyl sites for hydroxylation is 2. The third-order valence-corrected chi connectivity index (χ3v) is 4.18. The Labute approximate surface area is 154 Å². The lowest BCUT2D eigenvalue weighted by atomic mass is 10.1. The molecule has 0 saturated heterocycles. The highest BCUT2D eigenvalue weighted by molar-refractivity contribution is 5.85. The Hall–Kier alpha value is -2.90. The van der Waals surface area contributed by atoms with Crippen LogP contribution in [0.25, 0.3) is 11.0 Å². The van der Waals surface area contributed by atoms with Crippen molar-refractivity contribution in [1.82, 2.24) is 20.1 Å². The van der Waals surface area contributed by atoms with Gasteiger partial charge in [-0.05, 0) is 31.9 Å². The molecule has 3 aromatic rings. The molecule has 0 saturated carbocycles. The van der Waals surface area contributed by atoms with Crippen LogP contribution in [0.3, 0.4) is 0 Å². The molecule has 0 aliphatic heterocycles. The summed E-state index contributed by atoms with van der Waals surface area (Å²) in [6, 6.07) is 10.7. The van der Waals surface area contributed by atoms with Crippen molar-refractivity contribution < 1.29 is 18.0 Å². The zero-order valence-corrected chi connectivity index (χ0v) is 15.0.